The fraction of sp³-hybridized carbons (Fsp3) is 0.238. The van der Waals surface area contributed by atoms with E-state index in [1.807, 2.05) is 0 Å². The second kappa shape index (κ2) is 7.47. The number of hydrogen-bond acceptors (Lipinski definition) is 0. The third-order valence-electron chi connectivity index (χ3n) is 4.12. The van der Waals surface area contributed by atoms with Gasteiger partial charge in [0.2, 0.25) is 0 Å². The average Bonchev–Trinajstić information content (AvgIpc) is 2.90. The van der Waals surface area contributed by atoms with Crippen molar-refractivity contribution in [1.82, 2.24) is 0 Å². The number of fused-ring (bicyclic) bond motifs is 3. The number of rotatable bonds is 0. The van der Waals surface area contributed by atoms with Crippen LogP contribution in [0.1, 0.15) is 36.8 Å². The average molecular weight is 309 g/mol. The van der Waals surface area contributed by atoms with E-state index in [1.165, 1.54) is 22.3 Å². The molecule has 0 radical (unpaired) electrons. The van der Waals surface area contributed by atoms with Crippen molar-refractivity contribution in [2.75, 3.05) is 0 Å². The van der Waals surface area contributed by atoms with Crippen LogP contribution in [-0.4, -0.2) is 0 Å². The zero-order chi connectivity index (χ0) is 15.2. The minimum absolute atomic E-state index is 1.03. The van der Waals surface area contributed by atoms with Crippen molar-refractivity contribution < 1.29 is 0 Å². The molecule has 0 atom stereocenters. The molecule has 1 heteroatoms. The molecule has 0 heterocycles. The van der Waals surface area contributed by atoms with Gasteiger partial charge in [0.1, 0.15) is 0 Å². The predicted octanol–water partition coefficient (Wildman–Crippen LogP) is 6.50. The van der Waals surface area contributed by atoms with Gasteiger partial charge < -0.3 is 0 Å². The number of benzene rings is 2. The van der Waals surface area contributed by atoms with Crippen LogP contribution in [0.3, 0.4) is 0 Å². The molecule has 0 fully saturated rings. The Morgan fingerprint density at radius 1 is 0.682 bits per heavy atom. The lowest BCUT2D eigenvalue weighted by Crippen LogP contribution is -1.77. The fourth-order valence-electron chi connectivity index (χ4n) is 2.97. The molecule has 4 rings (SSSR count). The summed E-state index contributed by atoms with van der Waals surface area (Å²) in [5.41, 5.74) is 5.75. The molecule has 0 N–H and O–H groups in total. The molecule has 0 bridgehead atoms. The second-order valence-corrected chi connectivity index (χ2v) is 6.21. The summed E-state index contributed by atoms with van der Waals surface area (Å²) < 4.78 is 0. The molecule has 22 heavy (non-hydrogen) atoms. The van der Waals surface area contributed by atoms with E-state index in [4.69, 9.17) is 11.6 Å². The molecule has 0 nitrogen and oxygen atoms in total. The molecule has 112 valence electrons. The van der Waals surface area contributed by atoms with Gasteiger partial charge in [0.05, 0.1) is 0 Å². The minimum Gasteiger partial charge on any atom is -0.0895 e. The lowest BCUT2D eigenvalue weighted by Gasteiger charge is -1.98. The molecule has 2 aromatic rings. The molecule has 0 amide bonds. The van der Waals surface area contributed by atoms with Crippen molar-refractivity contribution in [3.05, 3.63) is 82.9 Å². The molecular weight excluding hydrogens is 288 g/mol. The van der Waals surface area contributed by atoms with Crippen LogP contribution in [0.25, 0.3) is 11.1 Å². The molecule has 0 aromatic heterocycles. The van der Waals surface area contributed by atoms with Crippen LogP contribution < -0.4 is 0 Å². The Labute approximate surface area is 138 Å². The highest BCUT2D eigenvalue weighted by Crippen LogP contribution is 2.35. The molecule has 0 spiro atoms. The Morgan fingerprint density at radius 2 is 1.27 bits per heavy atom. The van der Waals surface area contributed by atoms with Gasteiger partial charge in [-0.05, 0) is 54.4 Å². The first-order valence-corrected chi connectivity index (χ1v) is 8.38. The molecule has 0 aliphatic heterocycles. The van der Waals surface area contributed by atoms with E-state index in [0.29, 0.717) is 0 Å². The van der Waals surface area contributed by atoms with E-state index >= 15 is 0 Å². The predicted molar refractivity (Wildman–Crippen MR) is 96.2 cm³/mol. The van der Waals surface area contributed by atoms with Crippen LogP contribution in [0.5, 0.6) is 0 Å². The zero-order valence-electron chi connectivity index (χ0n) is 12.8. The molecule has 2 aliphatic carbocycles. The van der Waals surface area contributed by atoms with Crippen molar-refractivity contribution in [2.24, 2.45) is 0 Å². The quantitative estimate of drug-likeness (QED) is 0.416. The highest BCUT2D eigenvalue weighted by atomic mass is 35.5. The number of allylic oxidation sites excluding steroid dienone is 4. The van der Waals surface area contributed by atoms with Gasteiger partial charge in [0.15, 0.2) is 0 Å². The summed E-state index contributed by atoms with van der Waals surface area (Å²) in [6.07, 6.45) is 12.0. The number of halogens is 1. The summed E-state index contributed by atoms with van der Waals surface area (Å²) >= 11 is 5.82. The largest absolute Gasteiger partial charge is 0.0895 e. The van der Waals surface area contributed by atoms with E-state index in [9.17, 15) is 0 Å². The van der Waals surface area contributed by atoms with Gasteiger partial charge in [0.25, 0.3) is 0 Å². The van der Waals surface area contributed by atoms with Gasteiger partial charge in [-0.15, -0.1) is 0 Å². The van der Waals surface area contributed by atoms with E-state index in [-0.39, 0.29) is 0 Å². The first-order chi connectivity index (χ1) is 10.8. The van der Waals surface area contributed by atoms with E-state index in [1.54, 1.807) is 0 Å². The van der Waals surface area contributed by atoms with Crippen molar-refractivity contribution in [3.63, 3.8) is 0 Å². The summed E-state index contributed by atoms with van der Waals surface area (Å²) in [6.45, 7) is 0. The Hall–Kier alpha value is -1.79. The summed E-state index contributed by atoms with van der Waals surface area (Å²) in [7, 11) is 0. The molecule has 0 saturated heterocycles. The fourth-order valence-corrected chi connectivity index (χ4v) is 3.19. The third-order valence-corrected chi connectivity index (χ3v) is 4.46. The van der Waals surface area contributed by atoms with Crippen LogP contribution in [0, 0.1) is 0 Å². The van der Waals surface area contributed by atoms with Gasteiger partial charge in [-0.1, -0.05) is 78.4 Å². The van der Waals surface area contributed by atoms with Gasteiger partial charge in [-0.3, -0.25) is 0 Å². The Morgan fingerprint density at radius 3 is 1.95 bits per heavy atom. The van der Waals surface area contributed by atoms with Crippen molar-refractivity contribution in [1.29, 1.82) is 0 Å². The first-order valence-electron chi connectivity index (χ1n) is 8.00. The normalized spacial score (nSPS) is 15.6. The third kappa shape index (κ3) is 3.69. The highest BCUT2D eigenvalue weighted by Gasteiger charge is 2.15. The second-order valence-electron chi connectivity index (χ2n) is 5.73. The maximum atomic E-state index is 5.82. The maximum absolute atomic E-state index is 5.82. The maximum Gasteiger partial charge on any atom is 0.0144 e. The van der Waals surface area contributed by atoms with Crippen LogP contribution in [-0.2, 0) is 6.42 Å². The summed E-state index contributed by atoms with van der Waals surface area (Å²) in [5, 5.41) is 1.03. The van der Waals surface area contributed by atoms with Crippen LogP contribution >= 0.6 is 11.6 Å². The van der Waals surface area contributed by atoms with Gasteiger partial charge >= 0.3 is 0 Å². The minimum atomic E-state index is 1.03. The summed E-state index contributed by atoms with van der Waals surface area (Å²) in [5.74, 6) is 0. The van der Waals surface area contributed by atoms with Crippen molar-refractivity contribution >= 4 is 11.6 Å². The highest BCUT2D eigenvalue weighted by molar-refractivity contribution is 6.29. The van der Waals surface area contributed by atoms with Crippen LogP contribution in [0.15, 0.2) is 71.8 Å². The number of hydrogen-bond donors (Lipinski definition) is 0. The van der Waals surface area contributed by atoms with E-state index in [2.05, 4.69) is 66.8 Å². The molecule has 0 unspecified atom stereocenters. The summed E-state index contributed by atoms with van der Waals surface area (Å²) in [4.78, 5) is 0. The lowest BCUT2D eigenvalue weighted by molar-refractivity contribution is 0.949. The van der Waals surface area contributed by atoms with Crippen LogP contribution in [0.4, 0.5) is 0 Å². The zero-order valence-corrected chi connectivity index (χ0v) is 13.5. The molecule has 0 saturated carbocycles. The first kappa shape index (κ1) is 15.1. The SMILES string of the molecule is ClC1=CCCC=CCC1.c1ccc2c(c1)Cc1ccccc1-2. The lowest BCUT2D eigenvalue weighted by atomic mass is 10.1. The standard InChI is InChI=1S/C13H10.C8H11Cl/c1-3-7-12-10(5-1)9-11-6-2-4-8-13(11)12;9-8-6-4-2-1-3-5-7-8/h1-8H,9H2;1-2,7H,3-6H2. The Kier molecular flexibility index (Phi) is 5.13. The van der Waals surface area contributed by atoms with E-state index < -0.39 is 0 Å². The molecule has 2 aliphatic rings. The van der Waals surface area contributed by atoms with Crippen molar-refractivity contribution in [2.45, 2.75) is 32.1 Å². The van der Waals surface area contributed by atoms with Crippen LogP contribution in [0.2, 0.25) is 0 Å². The smallest absolute Gasteiger partial charge is 0.0144 e. The molecule has 2 aromatic carbocycles. The van der Waals surface area contributed by atoms with Gasteiger partial charge in [-0.25, -0.2) is 0 Å². The summed E-state index contributed by atoms with van der Waals surface area (Å²) in [6, 6.07) is 17.3. The Bertz CT molecular complexity index is 651. The van der Waals surface area contributed by atoms with E-state index in [0.717, 1.165) is 37.1 Å². The van der Waals surface area contributed by atoms with Gasteiger partial charge in [0, 0.05) is 5.03 Å². The van der Waals surface area contributed by atoms with Gasteiger partial charge in [-0.2, -0.15) is 0 Å². The Balaban J connectivity index is 0.000000142. The topological polar surface area (TPSA) is 0 Å². The molecular formula is C21H21Cl. The monoisotopic (exact) mass is 308 g/mol. The van der Waals surface area contributed by atoms with Crippen molar-refractivity contribution in [3.8, 4) is 11.1 Å².